The highest BCUT2D eigenvalue weighted by molar-refractivity contribution is 9.10. The van der Waals surface area contributed by atoms with Crippen LogP contribution in [0.2, 0.25) is 0 Å². The average Bonchev–Trinajstić information content (AvgIpc) is 2.87. The van der Waals surface area contributed by atoms with Gasteiger partial charge in [-0.3, -0.25) is 4.68 Å². The molecule has 0 amide bonds. The fourth-order valence-corrected chi connectivity index (χ4v) is 2.35. The maximum absolute atomic E-state index is 5.87. The number of aryl methyl sites for hydroxylation is 1. The van der Waals surface area contributed by atoms with Crippen molar-refractivity contribution in [3.63, 3.8) is 0 Å². The molecule has 1 unspecified atom stereocenters. The van der Waals surface area contributed by atoms with Gasteiger partial charge in [0.25, 0.3) is 0 Å². The molecule has 0 aliphatic heterocycles. The summed E-state index contributed by atoms with van der Waals surface area (Å²) in [5, 5.41) is 7.79. The van der Waals surface area contributed by atoms with E-state index in [9.17, 15) is 0 Å². The summed E-state index contributed by atoms with van der Waals surface area (Å²) in [6.07, 6.45) is 5.02. The first-order valence-electron chi connectivity index (χ1n) is 6.48. The maximum atomic E-state index is 5.87. The van der Waals surface area contributed by atoms with Gasteiger partial charge in [-0.05, 0) is 34.5 Å². The Morgan fingerprint density at radius 2 is 2.21 bits per heavy atom. The smallest absolute Gasteiger partial charge is 0.0667 e. The third-order valence-corrected chi connectivity index (χ3v) is 3.64. The number of hydrogen-bond acceptors (Lipinski definition) is 3. The number of para-hydroxylation sites is 1. The molecule has 1 aromatic carbocycles. The molecule has 102 valence electrons. The molecule has 1 heterocycles. The van der Waals surface area contributed by atoms with E-state index in [1.807, 2.05) is 35.1 Å². The Bertz CT molecular complexity index is 524. The number of hydrogen-bond donors (Lipinski definition) is 2. The van der Waals surface area contributed by atoms with Crippen LogP contribution in [-0.4, -0.2) is 16.3 Å². The van der Waals surface area contributed by atoms with E-state index in [1.165, 1.54) is 0 Å². The zero-order valence-corrected chi connectivity index (χ0v) is 12.6. The van der Waals surface area contributed by atoms with Gasteiger partial charge in [-0.15, -0.1) is 0 Å². The topological polar surface area (TPSA) is 55.9 Å². The number of halogens is 1. The van der Waals surface area contributed by atoms with Gasteiger partial charge in [0.1, 0.15) is 0 Å². The first kappa shape index (κ1) is 14.1. The molecule has 2 aromatic rings. The van der Waals surface area contributed by atoms with Crippen molar-refractivity contribution in [3.05, 3.63) is 46.7 Å². The fraction of sp³-hybridized carbons (Fsp3) is 0.357. The van der Waals surface area contributed by atoms with Crippen molar-refractivity contribution in [1.29, 1.82) is 0 Å². The lowest BCUT2D eigenvalue weighted by molar-refractivity contribution is 0.601. The number of nitrogens with zero attached hydrogens (tertiary/aromatic N) is 2. The van der Waals surface area contributed by atoms with Gasteiger partial charge in [-0.2, -0.15) is 5.10 Å². The second-order valence-corrected chi connectivity index (χ2v) is 5.30. The van der Waals surface area contributed by atoms with E-state index in [2.05, 4.69) is 39.5 Å². The van der Waals surface area contributed by atoms with Crippen LogP contribution in [0.5, 0.6) is 0 Å². The standard InChI is InChI=1S/C14H19BrN4/c1-2-7-19-10-11(9-17-19)14(8-16)18-13-6-4-3-5-12(13)15/h3-6,9-10,14,18H,2,7-8,16H2,1H3. The van der Waals surface area contributed by atoms with Crippen molar-refractivity contribution in [2.45, 2.75) is 25.9 Å². The van der Waals surface area contributed by atoms with Crippen molar-refractivity contribution in [2.75, 3.05) is 11.9 Å². The molecular weight excluding hydrogens is 304 g/mol. The molecule has 5 heteroatoms. The minimum atomic E-state index is 0.0734. The quantitative estimate of drug-likeness (QED) is 0.858. The first-order chi connectivity index (χ1) is 9.24. The minimum absolute atomic E-state index is 0.0734. The van der Waals surface area contributed by atoms with Crippen LogP contribution in [-0.2, 0) is 6.54 Å². The van der Waals surface area contributed by atoms with Crippen LogP contribution in [0, 0.1) is 0 Å². The molecule has 0 radical (unpaired) electrons. The lowest BCUT2D eigenvalue weighted by Crippen LogP contribution is -2.20. The van der Waals surface area contributed by atoms with Gasteiger partial charge in [-0.25, -0.2) is 0 Å². The lowest BCUT2D eigenvalue weighted by atomic mass is 10.1. The molecule has 4 nitrogen and oxygen atoms in total. The van der Waals surface area contributed by atoms with Gasteiger partial charge < -0.3 is 11.1 Å². The van der Waals surface area contributed by atoms with Gasteiger partial charge in [0.15, 0.2) is 0 Å². The van der Waals surface area contributed by atoms with E-state index in [1.54, 1.807) is 0 Å². The van der Waals surface area contributed by atoms with Crippen LogP contribution in [0.25, 0.3) is 0 Å². The Morgan fingerprint density at radius 1 is 1.42 bits per heavy atom. The summed E-state index contributed by atoms with van der Waals surface area (Å²) in [7, 11) is 0. The number of aromatic nitrogens is 2. The summed E-state index contributed by atoms with van der Waals surface area (Å²) < 4.78 is 2.99. The van der Waals surface area contributed by atoms with Gasteiger partial charge in [0, 0.05) is 35.0 Å². The zero-order chi connectivity index (χ0) is 13.7. The van der Waals surface area contributed by atoms with E-state index in [0.717, 1.165) is 28.7 Å². The highest BCUT2D eigenvalue weighted by atomic mass is 79.9. The predicted molar refractivity (Wildman–Crippen MR) is 82.1 cm³/mol. The second-order valence-electron chi connectivity index (χ2n) is 4.45. The van der Waals surface area contributed by atoms with E-state index in [0.29, 0.717) is 6.54 Å². The molecule has 0 aliphatic rings. The third kappa shape index (κ3) is 3.58. The SMILES string of the molecule is CCCn1cc(C(CN)Nc2ccccc2Br)cn1. The average molecular weight is 323 g/mol. The molecule has 3 N–H and O–H groups in total. The van der Waals surface area contributed by atoms with Crippen molar-refractivity contribution < 1.29 is 0 Å². The first-order valence-corrected chi connectivity index (χ1v) is 7.27. The highest BCUT2D eigenvalue weighted by Crippen LogP contribution is 2.25. The maximum Gasteiger partial charge on any atom is 0.0667 e. The number of rotatable bonds is 6. The fourth-order valence-electron chi connectivity index (χ4n) is 1.96. The van der Waals surface area contributed by atoms with Crippen molar-refractivity contribution in [3.8, 4) is 0 Å². The minimum Gasteiger partial charge on any atom is -0.376 e. The molecular formula is C14H19BrN4. The predicted octanol–water partition coefficient (Wildman–Crippen LogP) is 3.17. The molecule has 1 aromatic heterocycles. The van der Waals surface area contributed by atoms with E-state index in [-0.39, 0.29) is 6.04 Å². The molecule has 0 saturated carbocycles. The van der Waals surface area contributed by atoms with Gasteiger partial charge >= 0.3 is 0 Å². The van der Waals surface area contributed by atoms with Gasteiger partial charge in [-0.1, -0.05) is 19.1 Å². The summed E-state index contributed by atoms with van der Waals surface area (Å²) in [6, 6.07) is 8.11. The number of nitrogens with two attached hydrogens (primary N) is 1. The van der Waals surface area contributed by atoms with E-state index < -0.39 is 0 Å². The third-order valence-electron chi connectivity index (χ3n) is 2.95. The molecule has 0 bridgehead atoms. The van der Waals surface area contributed by atoms with Crippen LogP contribution in [0.3, 0.4) is 0 Å². The lowest BCUT2D eigenvalue weighted by Gasteiger charge is -2.17. The summed E-state index contributed by atoms with van der Waals surface area (Å²) in [4.78, 5) is 0. The number of nitrogens with one attached hydrogen (secondary N) is 1. The zero-order valence-electron chi connectivity index (χ0n) is 11.0. The van der Waals surface area contributed by atoms with Crippen molar-refractivity contribution in [1.82, 2.24) is 9.78 Å². The van der Waals surface area contributed by atoms with Crippen LogP contribution >= 0.6 is 15.9 Å². The van der Waals surface area contributed by atoms with Crippen LogP contribution in [0.15, 0.2) is 41.1 Å². The molecule has 19 heavy (non-hydrogen) atoms. The van der Waals surface area contributed by atoms with E-state index >= 15 is 0 Å². The van der Waals surface area contributed by atoms with Gasteiger partial charge in [0.05, 0.1) is 12.2 Å². The molecule has 0 fully saturated rings. The Balaban J connectivity index is 2.13. The summed E-state index contributed by atoms with van der Waals surface area (Å²) in [5.41, 5.74) is 8.03. The van der Waals surface area contributed by atoms with Crippen LogP contribution in [0.4, 0.5) is 5.69 Å². The summed E-state index contributed by atoms with van der Waals surface area (Å²) >= 11 is 3.53. The largest absolute Gasteiger partial charge is 0.376 e. The molecule has 2 rings (SSSR count). The Kier molecular flexibility index (Phi) is 4.99. The van der Waals surface area contributed by atoms with Crippen molar-refractivity contribution in [2.24, 2.45) is 5.73 Å². The Labute approximate surface area is 122 Å². The Morgan fingerprint density at radius 3 is 2.89 bits per heavy atom. The summed E-state index contributed by atoms with van der Waals surface area (Å²) in [5.74, 6) is 0. The Hall–Kier alpha value is -1.33. The molecule has 0 saturated heterocycles. The molecule has 1 atom stereocenters. The number of anilines is 1. The second kappa shape index (κ2) is 6.73. The molecule has 0 aliphatic carbocycles. The van der Waals surface area contributed by atoms with Gasteiger partial charge in [0.2, 0.25) is 0 Å². The van der Waals surface area contributed by atoms with Crippen LogP contribution < -0.4 is 11.1 Å². The summed E-state index contributed by atoms with van der Waals surface area (Å²) in [6.45, 7) is 3.60. The normalized spacial score (nSPS) is 12.4. The monoisotopic (exact) mass is 322 g/mol. The number of benzene rings is 1. The highest BCUT2D eigenvalue weighted by Gasteiger charge is 2.12. The van der Waals surface area contributed by atoms with Crippen LogP contribution in [0.1, 0.15) is 24.9 Å². The molecule has 0 spiro atoms. The van der Waals surface area contributed by atoms with Crippen molar-refractivity contribution >= 4 is 21.6 Å². The van der Waals surface area contributed by atoms with E-state index in [4.69, 9.17) is 5.73 Å².